The molecule has 0 atom stereocenters. The van der Waals surface area contributed by atoms with E-state index in [4.69, 9.17) is 4.42 Å². The van der Waals surface area contributed by atoms with Gasteiger partial charge in [-0.05, 0) is 23.3 Å². The molecule has 0 unspecified atom stereocenters. The number of nitrogens with one attached hydrogen (secondary N) is 2. The van der Waals surface area contributed by atoms with Crippen molar-refractivity contribution < 1.29 is 18.8 Å². The van der Waals surface area contributed by atoms with E-state index in [1.165, 1.54) is 6.26 Å². The van der Waals surface area contributed by atoms with E-state index in [-0.39, 0.29) is 6.42 Å². The van der Waals surface area contributed by atoms with E-state index in [9.17, 15) is 14.4 Å². The molecule has 0 aliphatic carbocycles. The highest BCUT2D eigenvalue weighted by Crippen LogP contribution is 2.35. The van der Waals surface area contributed by atoms with Crippen LogP contribution in [0.1, 0.15) is 23.3 Å². The molecule has 2 heterocycles. The molecule has 2 N–H and O–H groups in total. The molecule has 0 radical (unpaired) electrons. The summed E-state index contributed by atoms with van der Waals surface area (Å²) in [6.45, 7) is 0. The molecule has 1 saturated heterocycles. The second-order valence-electron chi connectivity index (χ2n) is 6.67. The molecule has 2 aromatic carbocycles. The first-order valence-corrected chi connectivity index (χ1v) is 9.21. The van der Waals surface area contributed by atoms with Gasteiger partial charge in [0.05, 0.1) is 6.26 Å². The van der Waals surface area contributed by atoms with E-state index in [0.717, 1.165) is 5.01 Å². The van der Waals surface area contributed by atoms with Crippen LogP contribution in [-0.4, -0.2) is 22.9 Å². The van der Waals surface area contributed by atoms with E-state index in [0.29, 0.717) is 23.3 Å². The first-order chi connectivity index (χ1) is 14.1. The molecule has 29 heavy (non-hydrogen) atoms. The van der Waals surface area contributed by atoms with Crippen molar-refractivity contribution in [2.45, 2.75) is 18.4 Å². The number of hydrazine groups is 1. The normalized spacial score (nSPS) is 15.2. The number of furan rings is 1. The number of nitrogens with zero attached hydrogens (tertiary/aromatic N) is 1. The summed E-state index contributed by atoms with van der Waals surface area (Å²) in [7, 11) is 0. The third-order valence-electron chi connectivity index (χ3n) is 4.85. The van der Waals surface area contributed by atoms with E-state index >= 15 is 0 Å². The Hall–Kier alpha value is -3.87. The van der Waals surface area contributed by atoms with Crippen LogP contribution in [0.2, 0.25) is 0 Å². The number of rotatable bonds is 6. The smallest absolute Gasteiger partial charge is 0.344 e. The van der Waals surface area contributed by atoms with Gasteiger partial charge in [-0.2, -0.15) is 5.01 Å². The van der Waals surface area contributed by atoms with Crippen molar-refractivity contribution in [3.63, 3.8) is 0 Å². The van der Waals surface area contributed by atoms with Gasteiger partial charge < -0.3 is 9.73 Å². The third kappa shape index (κ3) is 3.38. The zero-order valence-corrected chi connectivity index (χ0v) is 15.5. The first kappa shape index (κ1) is 18.5. The molecule has 1 aliphatic rings. The summed E-state index contributed by atoms with van der Waals surface area (Å²) in [5.74, 6) is -0.367. The van der Waals surface area contributed by atoms with Crippen molar-refractivity contribution in [3.05, 3.63) is 95.9 Å². The highest BCUT2D eigenvalue weighted by Gasteiger charge is 2.54. The van der Waals surface area contributed by atoms with Crippen molar-refractivity contribution in [3.8, 4) is 0 Å². The predicted octanol–water partition coefficient (Wildman–Crippen LogP) is 2.74. The monoisotopic (exact) mass is 389 g/mol. The number of hydrogen-bond acceptors (Lipinski definition) is 4. The van der Waals surface area contributed by atoms with Gasteiger partial charge in [0.2, 0.25) is 5.91 Å². The fraction of sp³-hybridized carbons (Fsp3) is 0.136. The number of aryl methyl sites for hydroxylation is 1. The molecule has 1 aliphatic heterocycles. The van der Waals surface area contributed by atoms with Crippen molar-refractivity contribution in [1.29, 1.82) is 0 Å². The molecule has 7 heteroatoms. The molecule has 1 fully saturated rings. The van der Waals surface area contributed by atoms with Gasteiger partial charge in [-0.15, -0.1) is 0 Å². The highest BCUT2D eigenvalue weighted by molar-refractivity contribution is 6.10. The van der Waals surface area contributed by atoms with Gasteiger partial charge >= 0.3 is 6.03 Å². The Bertz CT molecular complexity index is 977. The van der Waals surface area contributed by atoms with Crippen LogP contribution in [0.4, 0.5) is 4.79 Å². The lowest BCUT2D eigenvalue weighted by molar-refractivity contribution is -0.138. The van der Waals surface area contributed by atoms with Crippen molar-refractivity contribution in [2.24, 2.45) is 0 Å². The summed E-state index contributed by atoms with van der Waals surface area (Å²) < 4.78 is 5.21. The maximum Gasteiger partial charge on any atom is 0.344 e. The lowest BCUT2D eigenvalue weighted by Gasteiger charge is -2.27. The highest BCUT2D eigenvalue weighted by atomic mass is 16.3. The van der Waals surface area contributed by atoms with Crippen molar-refractivity contribution in [2.75, 3.05) is 0 Å². The van der Waals surface area contributed by atoms with Gasteiger partial charge in [0.25, 0.3) is 5.91 Å². The van der Waals surface area contributed by atoms with Crippen LogP contribution in [-0.2, 0) is 21.5 Å². The number of carbonyl (C=O) groups is 3. The maximum absolute atomic E-state index is 13.4. The van der Waals surface area contributed by atoms with E-state index in [1.807, 2.05) is 12.1 Å². The maximum atomic E-state index is 13.4. The number of urea groups is 1. The fourth-order valence-corrected chi connectivity index (χ4v) is 3.44. The minimum absolute atomic E-state index is 0.0776. The van der Waals surface area contributed by atoms with Crippen LogP contribution in [0.25, 0.3) is 0 Å². The zero-order valence-electron chi connectivity index (χ0n) is 15.5. The lowest BCUT2D eigenvalue weighted by atomic mass is 9.83. The Balaban J connectivity index is 1.61. The van der Waals surface area contributed by atoms with Crippen molar-refractivity contribution >= 4 is 17.8 Å². The van der Waals surface area contributed by atoms with Gasteiger partial charge in [0.1, 0.15) is 5.76 Å². The predicted molar refractivity (Wildman–Crippen MR) is 104 cm³/mol. The number of amides is 4. The molecule has 3 aromatic rings. The van der Waals surface area contributed by atoms with Gasteiger partial charge in [-0.25, -0.2) is 4.79 Å². The molecule has 0 spiro atoms. The number of hydrogen-bond donors (Lipinski definition) is 2. The van der Waals surface area contributed by atoms with Crippen LogP contribution in [0.15, 0.2) is 83.5 Å². The summed E-state index contributed by atoms with van der Waals surface area (Å²) in [5.41, 5.74) is 2.23. The minimum Gasteiger partial charge on any atom is -0.469 e. The minimum atomic E-state index is -1.41. The SMILES string of the molecule is O=C(CCc1ccco1)NN1C(=O)NC(c2ccccc2)(c2ccccc2)C1=O. The average Bonchev–Trinajstić information content (AvgIpc) is 3.36. The second-order valence-corrected chi connectivity index (χ2v) is 6.67. The third-order valence-corrected chi connectivity index (χ3v) is 4.85. The molecule has 0 saturated carbocycles. The number of carbonyl (C=O) groups excluding carboxylic acids is 3. The van der Waals surface area contributed by atoms with Crippen molar-refractivity contribution in [1.82, 2.24) is 15.8 Å². The molecule has 7 nitrogen and oxygen atoms in total. The molecule has 4 rings (SSSR count). The summed E-state index contributed by atoms with van der Waals surface area (Å²) >= 11 is 0. The molecular weight excluding hydrogens is 370 g/mol. The molecule has 1 aromatic heterocycles. The summed E-state index contributed by atoms with van der Waals surface area (Å²) in [5, 5.41) is 3.53. The van der Waals surface area contributed by atoms with Crippen LogP contribution in [0.5, 0.6) is 0 Å². The Morgan fingerprint density at radius 3 is 2.10 bits per heavy atom. The molecule has 0 bridgehead atoms. The van der Waals surface area contributed by atoms with Gasteiger partial charge in [-0.3, -0.25) is 15.0 Å². The average molecular weight is 389 g/mol. The topological polar surface area (TPSA) is 91.7 Å². The van der Waals surface area contributed by atoms with Gasteiger partial charge in [-0.1, -0.05) is 60.7 Å². The Morgan fingerprint density at radius 2 is 1.55 bits per heavy atom. The van der Waals surface area contributed by atoms with Crippen LogP contribution in [0.3, 0.4) is 0 Å². The van der Waals surface area contributed by atoms with Gasteiger partial charge in [0, 0.05) is 12.8 Å². The lowest BCUT2D eigenvalue weighted by Crippen LogP contribution is -2.49. The van der Waals surface area contributed by atoms with Crippen LogP contribution >= 0.6 is 0 Å². The number of imide groups is 1. The van der Waals surface area contributed by atoms with Crippen LogP contribution < -0.4 is 10.7 Å². The quantitative estimate of drug-likeness (QED) is 0.634. The Kier molecular flexibility index (Phi) is 4.87. The Morgan fingerprint density at radius 1 is 0.931 bits per heavy atom. The summed E-state index contributed by atoms with van der Waals surface area (Å²) in [4.78, 5) is 38.4. The van der Waals surface area contributed by atoms with Crippen LogP contribution in [0, 0.1) is 0 Å². The standard InChI is InChI=1S/C22H19N3O4/c26-19(14-13-18-12-7-15-29-18)24-25-20(27)22(23-21(25)28,16-8-3-1-4-9-16)17-10-5-2-6-11-17/h1-12,15H,13-14H2,(H,23,28)(H,24,26). The fourth-order valence-electron chi connectivity index (χ4n) is 3.44. The Labute approximate surface area is 167 Å². The van der Waals surface area contributed by atoms with E-state index < -0.39 is 23.4 Å². The molecule has 4 amide bonds. The second kappa shape index (κ2) is 7.63. The zero-order chi connectivity index (χ0) is 20.3. The summed E-state index contributed by atoms with van der Waals surface area (Å²) in [6, 6.07) is 20.7. The van der Waals surface area contributed by atoms with E-state index in [2.05, 4.69) is 10.7 Å². The number of benzene rings is 2. The van der Waals surface area contributed by atoms with E-state index in [1.54, 1.807) is 60.7 Å². The first-order valence-electron chi connectivity index (χ1n) is 9.21. The molecular formula is C22H19N3O4. The van der Waals surface area contributed by atoms with Gasteiger partial charge in [0.15, 0.2) is 5.54 Å². The summed E-state index contributed by atoms with van der Waals surface area (Å²) in [6.07, 6.45) is 1.97. The molecule has 146 valence electrons. The largest absolute Gasteiger partial charge is 0.469 e.